The normalized spacial score (nSPS) is 14.7. The first-order valence-electron chi connectivity index (χ1n) is 5.12. The van der Waals surface area contributed by atoms with Gasteiger partial charge >= 0.3 is 0 Å². The van der Waals surface area contributed by atoms with Crippen molar-refractivity contribution in [1.82, 2.24) is 0 Å². The number of aliphatic hydroxyl groups excluding tert-OH is 1. The molecule has 2 unspecified atom stereocenters. The molecule has 84 valence electrons. The van der Waals surface area contributed by atoms with Gasteiger partial charge in [-0.25, -0.2) is 0 Å². The van der Waals surface area contributed by atoms with Crippen molar-refractivity contribution in [1.29, 1.82) is 0 Å². The summed E-state index contributed by atoms with van der Waals surface area (Å²) in [6, 6.07) is 7.41. The van der Waals surface area contributed by atoms with Gasteiger partial charge in [-0.15, -0.1) is 0 Å². The Balaban J connectivity index is 2.70. The highest BCUT2D eigenvalue weighted by Crippen LogP contribution is 2.21. The van der Waals surface area contributed by atoms with Gasteiger partial charge in [0.25, 0.3) is 0 Å². The predicted octanol–water partition coefficient (Wildman–Crippen LogP) is 2.15. The summed E-state index contributed by atoms with van der Waals surface area (Å²) in [5.41, 5.74) is 0.841. The van der Waals surface area contributed by atoms with Crippen molar-refractivity contribution in [3.63, 3.8) is 0 Å². The highest BCUT2D eigenvalue weighted by Gasteiger charge is 2.15. The lowest BCUT2D eigenvalue weighted by atomic mass is 10.1. The summed E-state index contributed by atoms with van der Waals surface area (Å²) in [7, 11) is 1.59. The first-order chi connectivity index (χ1) is 7.19. The van der Waals surface area contributed by atoms with E-state index in [4.69, 9.17) is 9.47 Å². The van der Waals surface area contributed by atoms with Gasteiger partial charge in [0.1, 0.15) is 11.9 Å². The third-order valence-corrected chi connectivity index (χ3v) is 2.35. The molecule has 1 N–H and O–H groups in total. The maximum Gasteiger partial charge on any atom is 0.119 e. The van der Waals surface area contributed by atoms with Crippen molar-refractivity contribution in [2.45, 2.75) is 26.1 Å². The van der Waals surface area contributed by atoms with Crippen LogP contribution in [0.3, 0.4) is 0 Å². The van der Waals surface area contributed by atoms with E-state index in [1.54, 1.807) is 7.11 Å². The van der Waals surface area contributed by atoms with Crippen molar-refractivity contribution < 1.29 is 14.6 Å². The van der Waals surface area contributed by atoms with Gasteiger partial charge < -0.3 is 14.6 Å². The second-order valence-corrected chi connectivity index (χ2v) is 3.39. The van der Waals surface area contributed by atoms with Crippen LogP contribution in [0.2, 0.25) is 0 Å². The summed E-state index contributed by atoms with van der Waals surface area (Å²) in [4.78, 5) is 0. The Bertz CT molecular complexity index is 281. The van der Waals surface area contributed by atoms with Crippen LogP contribution < -0.4 is 4.74 Å². The number of ether oxygens (including phenoxy) is 2. The van der Waals surface area contributed by atoms with E-state index in [2.05, 4.69) is 0 Å². The Morgan fingerprint density at radius 3 is 2.33 bits per heavy atom. The topological polar surface area (TPSA) is 38.7 Å². The molecule has 0 saturated heterocycles. The quantitative estimate of drug-likeness (QED) is 0.809. The number of hydrogen-bond acceptors (Lipinski definition) is 3. The highest BCUT2D eigenvalue weighted by molar-refractivity contribution is 5.28. The van der Waals surface area contributed by atoms with Gasteiger partial charge in [0.05, 0.1) is 12.7 Å². The molecule has 0 radical (unpaired) electrons. The molecule has 0 bridgehead atoms. The molecular weight excluding hydrogens is 192 g/mol. The van der Waals surface area contributed by atoms with Gasteiger partial charge in [-0.3, -0.25) is 0 Å². The SMILES string of the molecule is CCOc1ccc(C(O)C(C)OC)cc1. The second-order valence-electron chi connectivity index (χ2n) is 3.39. The summed E-state index contributed by atoms with van der Waals surface area (Å²) in [6.07, 6.45) is -0.798. The van der Waals surface area contributed by atoms with Gasteiger partial charge in [0.15, 0.2) is 0 Å². The lowest BCUT2D eigenvalue weighted by Gasteiger charge is -2.17. The first kappa shape index (κ1) is 12.0. The number of methoxy groups -OCH3 is 1. The average molecular weight is 210 g/mol. The van der Waals surface area contributed by atoms with E-state index in [-0.39, 0.29) is 6.10 Å². The maximum atomic E-state index is 9.84. The van der Waals surface area contributed by atoms with Gasteiger partial charge in [-0.2, -0.15) is 0 Å². The van der Waals surface area contributed by atoms with Crippen molar-refractivity contribution in [2.24, 2.45) is 0 Å². The highest BCUT2D eigenvalue weighted by atomic mass is 16.5. The largest absolute Gasteiger partial charge is 0.494 e. The maximum absolute atomic E-state index is 9.84. The fourth-order valence-electron chi connectivity index (χ4n) is 1.33. The molecule has 0 aliphatic carbocycles. The molecule has 0 aliphatic heterocycles. The molecule has 0 aliphatic rings. The number of aliphatic hydroxyl groups is 1. The van der Waals surface area contributed by atoms with Gasteiger partial charge in [0, 0.05) is 7.11 Å². The lowest BCUT2D eigenvalue weighted by Crippen LogP contribution is -2.16. The van der Waals surface area contributed by atoms with Crippen LogP contribution in [0.15, 0.2) is 24.3 Å². The Hall–Kier alpha value is -1.06. The zero-order valence-corrected chi connectivity index (χ0v) is 9.43. The minimum absolute atomic E-state index is 0.206. The van der Waals surface area contributed by atoms with Gasteiger partial charge in [-0.1, -0.05) is 12.1 Å². The standard InChI is InChI=1S/C12H18O3/c1-4-15-11-7-5-10(6-8-11)12(13)9(2)14-3/h5-9,12-13H,4H2,1-3H3. The summed E-state index contributed by atoms with van der Waals surface area (Å²) in [6.45, 7) is 4.42. The predicted molar refractivity (Wildman–Crippen MR) is 59.0 cm³/mol. The number of hydrogen-bond donors (Lipinski definition) is 1. The van der Waals surface area contributed by atoms with E-state index in [1.807, 2.05) is 38.1 Å². The van der Waals surface area contributed by atoms with Crippen LogP contribution in [0.4, 0.5) is 0 Å². The summed E-state index contributed by atoms with van der Waals surface area (Å²) >= 11 is 0. The Morgan fingerprint density at radius 1 is 1.27 bits per heavy atom. The Labute approximate surface area is 90.6 Å². The van der Waals surface area contributed by atoms with Crippen LogP contribution in [0.1, 0.15) is 25.5 Å². The minimum atomic E-state index is -0.592. The third kappa shape index (κ3) is 3.22. The van der Waals surface area contributed by atoms with Crippen molar-refractivity contribution in [3.8, 4) is 5.75 Å². The van der Waals surface area contributed by atoms with E-state index in [9.17, 15) is 5.11 Å². The Morgan fingerprint density at radius 2 is 1.87 bits per heavy atom. The monoisotopic (exact) mass is 210 g/mol. The fraction of sp³-hybridized carbons (Fsp3) is 0.500. The van der Waals surface area contributed by atoms with Crippen LogP contribution in [-0.2, 0) is 4.74 Å². The second kappa shape index (κ2) is 5.73. The van der Waals surface area contributed by atoms with Gasteiger partial charge in [0.2, 0.25) is 0 Å². The van der Waals surface area contributed by atoms with Gasteiger partial charge in [-0.05, 0) is 31.5 Å². The van der Waals surface area contributed by atoms with Crippen LogP contribution in [0, 0.1) is 0 Å². The zero-order valence-electron chi connectivity index (χ0n) is 9.43. The van der Waals surface area contributed by atoms with Crippen LogP contribution in [-0.4, -0.2) is 24.9 Å². The van der Waals surface area contributed by atoms with E-state index in [0.717, 1.165) is 11.3 Å². The molecule has 15 heavy (non-hydrogen) atoms. The van der Waals surface area contributed by atoms with Crippen LogP contribution in [0.5, 0.6) is 5.75 Å². The molecule has 0 spiro atoms. The number of rotatable bonds is 5. The molecule has 0 amide bonds. The fourth-order valence-corrected chi connectivity index (χ4v) is 1.33. The molecule has 3 heteroatoms. The summed E-state index contributed by atoms with van der Waals surface area (Å²) in [5, 5.41) is 9.84. The molecule has 1 aromatic carbocycles. The van der Waals surface area contributed by atoms with Crippen molar-refractivity contribution in [2.75, 3.05) is 13.7 Å². The molecule has 0 saturated carbocycles. The van der Waals surface area contributed by atoms with E-state index < -0.39 is 6.10 Å². The van der Waals surface area contributed by atoms with E-state index in [1.165, 1.54) is 0 Å². The molecule has 0 fully saturated rings. The zero-order chi connectivity index (χ0) is 11.3. The smallest absolute Gasteiger partial charge is 0.119 e. The van der Waals surface area contributed by atoms with Crippen molar-refractivity contribution in [3.05, 3.63) is 29.8 Å². The molecule has 0 aromatic heterocycles. The molecule has 2 atom stereocenters. The number of benzene rings is 1. The van der Waals surface area contributed by atoms with Crippen LogP contribution >= 0.6 is 0 Å². The molecule has 1 rings (SSSR count). The Kier molecular flexibility index (Phi) is 4.59. The molecule has 1 aromatic rings. The van der Waals surface area contributed by atoms with Crippen LogP contribution in [0.25, 0.3) is 0 Å². The minimum Gasteiger partial charge on any atom is -0.494 e. The molecule has 0 heterocycles. The summed E-state index contributed by atoms with van der Waals surface area (Å²) < 4.78 is 10.4. The summed E-state index contributed by atoms with van der Waals surface area (Å²) in [5.74, 6) is 0.818. The third-order valence-electron chi connectivity index (χ3n) is 2.35. The first-order valence-corrected chi connectivity index (χ1v) is 5.12. The van der Waals surface area contributed by atoms with E-state index >= 15 is 0 Å². The molecular formula is C12H18O3. The lowest BCUT2D eigenvalue weighted by molar-refractivity contribution is -0.00144. The van der Waals surface area contributed by atoms with E-state index in [0.29, 0.717) is 6.61 Å². The van der Waals surface area contributed by atoms with Crippen molar-refractivity contribution >= 4 is 0 Å². The molecule has 3 nitrogen and oxygen atoms in total. The average Bonchev–Trinajstić information content (AvgIpc) is 2.28.